The van der Waals surface area contributed by atoms with Gasteiger partial charge in [-0.05, 0) is 43.7 Å². The molecule has 0 amide bonds. The molecule has 2 saturated heterocycles. The second-order valence-corrected chi connectivity index (χ2v) is 6.74. The van der Waals surface area contributed by atoms with Crippen molar-refractivity contribution in [2.45, 2.75) is 37.8 Å². The minimum atomic E-state index is 0.0388. The SMILES string of the molecule is CNC(C(C)CSC)C1CCOC2(CCOC2)C1. The van der Waals surface area contributed by atoms with E-state index in [4.69, 9.17) is 9.47 Å². The minimum Gasteiger partial charge on any atom is -0.378 e. The zero-order valence-electron chi connectivity index (χ0n) is 11.9. The van der Waals surface area contributed by atoms with Gasteiger partial charge in [-0.15, -0.1) is 0 Å². The lowest BCUT2D eigenvalue weighted by molar-refractivity contribution is -0.104. The van der Waals surface area contributed by atoms with E-state index in [0.29, 0.717) is 12.0 Å². The molecule has 1 spiro atoms. The summed E-state index contributed by atoms with van der Waals surface area (Å²) in [6.07, 6.45) is 5.62. The van der Waals surface area contributed by atoms with Crippen molar-refractivity contribution in [1.82, 2.24) is 5.32 Å². The Morgan fingerprint density at radius 1 is 1.44 bits per heavy atom. The maximum absolute atomic E-state index is 6.03. The number of hydrogen-bond donors (Lipinski definition) is 1. The van der Waals surface area contributed by atoms with Gasteiger partial charge in [-0.1, -0.05) is 6.92 Å². The Morgan fingerprint density at radius 3 is 2.89 bits per heavy atom. The van der Waals surface area contributed by atoms with E-state index in [0.717, 1.165) is 38.6 Å². The summed E-state index contributed by atoms with van der Waals surface area (Å²) >= 11 is 1.95. The molecule has 2 aliphatic heterocycles. The topological polar surface area (TPSA) is 30.5 Å². The van der Waals surface area contributed by atoms with Crippen molar-refractivity contribution < 1.29 is 9.47 Å². The van der Waals surface area contributed by atoms with Crippen LogP contribution in [0.2, 0.25) is 0 Å². The normalized spacial score (nSPS) is 35.8. The number of nitrogens with one attached hydrogen (secondary N) is 1. The predicted molar refractivity (Wildman–Crippen MR) is 77.2 cm³/mol. The highest BCUT2D eigenvalue weighted by atomic mass is 32.2. The molecule has 2 aliphatic rings. The summed E-state index contributed by atoms with van der Waals surface area (Å²) in [6.45, 7) is 4.94. The molecule has 0 aromatic rings. The Balaban J connectivity index is 1.97. The molecule has 4 heteroatoms. The highest BCUT2D eigenvalue weighted by molar-refractivity contribution is 7.98. The Morgan fingerprint density at radius 2 is 2.28 bits per heavy atom. The van der Waals surface area contributed by atoms with Gasteiger partial charge in [0.1, 0.15) is 0 Å². The zero-order valence-corrected chi connectivity index (χ0v) is 12.7. The molecule has 4 unspecified atom stereocenters. The first kappa shape index (κ1) is 14.6. The fourth-order valence-corrected chi connectivity index (χ4v) is 4.32. The molecule has 3 nitrogen and oxygen atoms in total. The zero-order chi connectivity index (χ0) is 13.0. The first-order valence-corrected chi connectivity index (χ1v) is 8.48. The van der Waals surface area contributed by atoms with E-state index in [-0.39, 0.29) is 5.60 Å². The van der Waals surface area contributed by atoms with Crippen LogP contribution >= 0.6 is 11.8 Å². The largest absolute Gasteiger partial charge is 0.378 e. The van der Waals surface area contributed by atoms with E-state index >= 15 is 0 Å². The van der Waals surface area contributed by atoms with Gasteiger partial charge in [0.25, 0.3) is 0 Å². The predicted octanol–water partition coefficient (Wildman–Crippen LogP) is 2.16. The van der Waals surface area contributed by atoms with Crippen LogP contribution in [0.15, 0.2) is 0 Å². The first-order valence-electron chi connectivity index (χ1n) is 7.09. The van der Waals surface area contributed by atoms with Gasteiger partial charge in [-0.25, -0.2) is 0 Å². The second-order valence-electron chi connectivity index (χ2n) is 5.83. The van der Waals surface area contributed by atoms with Crippen LogP contribution in [-0.4, -0.2) is 50.5 Å². The van der Waals surface area contributed by atoms with Gasteiger partial charge < -0.3 is 14.8 Å². The quantitative estimate of drug-likeness (QED) is 0.831. The molecule has 0 aromatic carbocycles. The molecular formula is C14H27NO2S. The number of hydrogen-bond acceptors (Lipinski definition) is 4. The van der Waals surface area contributed by atoms with E-state index < -0.39 is 0 Å². The van der Waals surface area contributed by atoms with E-state index in [9.17, 15) is 0 Å². The van der Waals surface area contributed by atoms with Gasteiger partial charge in [0.2, 0.25) is 0 Å². The van der Waals surface area contributed by atoms with Gasteiger partial charge >= 0.3 is 0 Å². The summed E-state index contributed by atoms with van der Waals surface area (Å²) in [6, 6.07) is 0.610. The fourth-order valence-electron chi connectivity index (χ4n) is 3.59. The number of thioether (sulfide) groups is 1. The maximum atomic E-state index is 6.03. The lowest BCUT2D eigenvalue weighted by Crippen LogP contribution is -2.49. The molecule has 106 valence electrons. The third-order valence-electron chi connectivity index (χ3n) is 4.48. The van der Waals surface area contributed by atoms with Crippen molar-refractivity contribution in [3.8, 4) is 0 Å². The fraction of sp³-hybridized carbons (Fsp3) is 1.00. The van der Waals surface area contributed by atoms with Crippen LogP contribution in [0.5, 0.6) is 0 Å². The summed E-state index contributed by atoms with van der Waals surface area (Å²) in [7, 11) is 2.11. The van der Waals surface area contributed by atoms with E-state index in [2.05, 4.69) is 25.5 Å². The monoisotopic (exact) mass is 273 g/mol. The molecule has 0 radical (unpaired) electrons. The van der Waals surface area contributed by atoms with Crippen LogP contribution in [0.25, 0.3) is 0 Å². The molecule has 0 aromatic heterocycles. The summed E-state index contributed by atoms with van der Waals surface area (Å²) < 4.78 is 11.6. The van der Waals surface area contributed by atoms with Crippen LogP contribution < -0.4 is 5.32 Å². The molecule has 18 heavy (non-hydrogen) atoms. The Bertz CT molecular complexity index is 256. The minimum absolute atomic E-state index is 0.0388. The number of ether oxygens (including phenoxy) is 2. The highest BCUT2D eigenvalue weighted by Crippen LogP contribution is 2.38. The van der Waals surface area contributed by atoms with Crippen molar-refractivity contribution >= 4 is 11.8 Å². The maximum Gasteiger partial charge on any atom is 0.0939 e. The Kier molecular flexibility index (Phi) is 5.36. The van der Waals surface area contributed by atoms with Crippen LogP contribution in [-0.2, 0) is 9.47 Å². The van der Waals surface area contributed by atoms with Crippen molar-refractivity contribution in [3.63, 3.8) is 0 Å². The van der Waals surface area contributed by atoms with Gasteiger partial charge in [-0.2, -0.15) is 11.8 Å². The molecule has 4 atom stereocenters. The summed E-state index contributed by atoms with van der Waals surface area (Å²) in [5.41, 5.74) is 0.0388. The summed E-state index contributed by atoms with van der Waals surface area (Å²) in [5.74, 6) is 2.67. The average molecular weight is 273 g/mol. The first-order chi connectivity index (χ1) is 8.71. The Hall–Kier alpha value is 0.230. The van der Waals surface area contributed by atoms with Gasteiger partial charge in [0, 0.05) is 25.7 Å². The lowest BCUT2D eigenvalue weighted by atomic mass is 9.78. The third kappa shape index (κ3) is 3.21. The third-order valence-corrected chi connectivity index (χ3v) is 5.34. The van der Waals surface area contributed by atoms with Crippen molar-refractivity contribution in [1.29, 1.82) is 0 Å². The van der Waals surface area contributed by atoms with Crippen LogP contribution in [0.1, 0.15) is 26.2 Å². The van der Waals surface area contributed by atoms with Gasteiger partial charge in [-0.3, -0.25) is 0 Å². The smallest absolute Gasteiger partial charge is 0.0939 e. The van der Waals surface area contributed by atoms with E-state index in [1.807, 2.05) is 11.8 Å². The Labute approximate surface area is 115 Å². The second kappa shape index (κ2) is 6.60. The molecule has 2 heterocycles. The lowest BCUT2D eigenvalue weighted by Gasteiger charge is -2.42. The number of rotatable bonds is 5. The van der Waals surface area contributed by atoms with Crippen molar-refractivity contribution in [2.24, 2.45) is 11.8 Å². The van der Waals surface area contributed by atoms with Crippen molar-refractivity contribution in [2.75, 3.05) is 38.9 Å². The van der Waals surface area contributed by atoms with E-state index in [1.54, 1.807) is 0 Å². The molecule has 0 aliphatic carbocycles. The highest BCUT2D eigenvalue weighted by Gasteiger charge is 2.43. The summed E-state index contributed by atoms with van der Waals surface area (Å²) in [5, 5.41) is 3.55. The van der Waals surface area contributed by atoms with Crippen LogP contribution in [0.4, 0.5) is 0 Å². The molecule has 2 fully saturated rings. The van der Waals surface area contributed by atoms with E-state index in [1.165, 1.54) is 12.2 Å². The van der Waals surface area contributed by atoms with Crippen LogP contribution in [0, 0.1) is 11.8 Å². The standard InChI is InChI=1S/C14H27NO2S/c1-11(9-18-3)13(15-2)12-4-6-17-14(8-12)5-7-16-10-14/h11-13,15H,4-10H2,1-3H3. The van der Waals surface area contributed by atoms with Crippen molar-refractivity contribution in [3.05, 3.63) is 0 Å². The molecule has 2 rings (SSSR count). The molecule has 0 bridgehead atoms. The molecular weight excluding hydrogens is 246 g/mol. The average Bonchev–Trinajstić information content (AvgIpc) is 2.79. The molecule has 1 N–H and O–H groups in total. The van der Waals surface area contributed by atoms with Gasteiger partial charge in [0.15, 0.2) is 0 Å². The summed E-state index contributed by atoms with van der Waals surface area (Å²) in [4.78, 5) is 0. The van der Waals surface area contributed by atoms with Gasteiger partial charge in [0.05, 0.1) is 12.2 Å². The van der Waals surface area contributed by atoms with Crippen LogP contribution in [0.3, 0.4) is 0 Å². The molecule has 0 saturated carbocycles.